The highest BCUT2D eigenvalue weighted by atomic mass is 15.3. The van der Waals surface area contributed by atoms with E-state index in [1.54, 1.807) is 4.68 Å². The molecular formula is C64H82N21+5. The lowest BCUT2D eigenvalue weighted by molar-refractivity contribution is -0.738. The van der Waals surface area contributed by atoms with Gasteiger partial charge in [-0.1, -0.05) is 70.6 Å². The van der Waals surface area contributed by atoms with Crippen molar-refractivity contribution in [3.63, 3.8) is 0 Å². The number of aromatic nitrogens is 21. The number of nitrogens with zero attached hydrogens (tertiary/aromatic N) is 21. The van der Waals surface area contributed by atoms with E-state index in [-0.39, 0.29) is 0 Å². The standard InChI is InChI=1S/C16H19N4.C14H15N4.2C12H17N4.C10H14N5/c1-6-14-11(4)15-16(19-20(14)5)18-13-8-10(3)9(2)7-12(13)17-15;1-4-12-9(2)13-14(17-18(12)3)16-11-8-6-5-7-10(11)15-13;2*1-6-10-7(2)11-12(15-16(10)5)14-9(4)8(3)13-11;1-5-8-13-9-10(14-15(8)4)12-7(3)6(2)11-9/h7-8H,6H2,1-5H3;5-8H,4H2,1-3H3;2*6H2,1-5H3;5H2,1-4H3/q5*+1. The van der Waals surface area contributed by atoms with Gasteiger partial charge in [0.15, 0.2) is 28.2 Å². The minimum atomic E-state index is 0.609. The van der Waals surface area contributed by atoms with Crippen molar-refractivity contribution < 1.29 is 23.4 Å². The number of hydrogen-bond acceptors (Lipinski definition) is 16. The van der Waals surface area contributed by atoms with Gasteiger partial charge in [-0.3, -0.25) is 0 Å². The lowest BCUT2D eigenvalue weighted by Gasteiger charge is -2.06. The van der Waals surface area contributed by atoms with Crippen LogP contribution in [0, 0.1) is 83.1 Å². The Balaban J connectivity index is 0.000000139. The highest BCUT2D eigenvalue weighted by Gasteiger charge is 2.22. The van der Waals surface area contributed by atoms with Gasteiger partial charge >= 0.3 is 11.5 Å². The van der Waals surface area contributed by atoms with Gasteiger partial charge in [0.1, 0.15) is 29.1 Å². The maximum absolute atomic E-state index is 4.79. The first-order valence-electron chi connectivity index (χ1n) is 29.2. The normalized spacial score (nSPS) is 11.2. The average molecular weight is 1150 g/mol. The van der Waals surface area contributed by atoms with E-state index < -0.39 is 0 Å². The van der Waals surface area contributed by atoms with Crippen LogP contribution in [-0.2, 0) is 67.3 Å². The van der Waals surface area contributed by atoms with Crippen LogP contribution < -0.4 is 23.4 Å². The van der Waals surface area contributed by atoms with E-state index in [1.165, 1.54) is 56.2 Å². The van der Waals surface area contributed by atoms with E-state index in [1.807, 2.05) is 127 Å². The molecule has 12 aromatic rings. The number of aryl methyl sites for hydroxylation is 18. The molecule has 0 bridgehead atoms. The molecule has 0 spiro atoms. The zero-order chi connectivity index (χ0) is 61.9. The monoisotopic (exact) mass is 1140 g/mol. The van der Waals surface area contributed by atoms with Crippen LogP contribution in [0.2, 0.25) is 0 Å². The summed E-state index contributed by atoms with van der Waals surface area (Å²) in [4.78, 5) is 50.0. The molecule has 0 amide bonds. The molecule has 0 aliphatic heterocycles. The van der Waals surface area contributed by atoms with Crippen LogP contribution in [0.15, 0.2) is 36.4 Å². The maximum atomic E-state index is 4.79. The van der Waals surface area contributed by atoms with Crippen molar-refractivity contribution >= 4 is 78.0 Å². The maximum Gasteiger partial charge on any atom is 0.321 e. The zero-order valence-electron chi connectivity index (χ0n) is 53.9. The van der Waals surface area contributed by atoms with Crippen LogP contribution in [0.25, 0.3) is 78.0 Å². The van der Waals surface area contributed by atoms with Gasteiger partial charge in [0.05, 0.1) is 62.7 Å². The average Bonchev–Trinajstić information content (AvgIpc) is 3.11. The van der Waals surface area contributed by atoms with Crippen LogP contribution >= 0.6 is 0 Å². The first-order valence-corrected chi connectivity index (χ1v) is 29.2. The molecule has 0 aliphatic carbocycles. The molecule has 2 aromatic carbocycles. The quantitative estimate of drug-likeness (QED) is 0.120. The highest BCUT2D eigenvalue weighted by Crippen LogP contribution is 2.23. The summed E-state index contributed by atoms with van der Waals surface area (Å²) >= 11 is 0. The molecule has 21 heteroatoms. The number of para-hydroxylation sites is 2. The molecule has 0 unspecified atom stereocenters. The highest BCUT2D eigenvalue weighted by molar-refractivity contribution is 5.87. The second-order valence-electron chi connectivity index (χ2n) is 21.6. The van der Waals surface area contributed by atoms with Gasteiger partial charge in [-0.05, 0) is 123 Å². The molecule has 21 nitrogen and oxygen atoms in total. The van der Waals surface area contributed by atoms with Crippen molar-refractivity contribution in [3.05, 3.63) is 133 Å². The van der Waals surface area contributed by atoms with Crippen molar-refractivity contribution in [1.29, 1.82) is 0 Å². The van der Waals surface area contributed by atoms with Gasteiger partial charge in [0.2, 0.25) is 45.4 Å². The first-order chi connectivity index (χ1) is 40.4. The fraction of sp³-hybridized carbons (Fsp3) is 0.422. The van der Waals surface area contributed by atoms with E-state index >= 15 is 0 Å². The Kier molecular flexibility index (Phi) is 18.9. The van der Waals surface area contributed by atoms with Crippen molar-refractivity contribution in [2.24, 2.45) is 35.2 Å². The van der Waals surface area contributed by atoms with Crippen LogP contribution in [-0.4, -0.2) is 80.3 Å². The Morgan fingerprint density at radius 1 is 0.282 bits per heavy atom. The Bertz CT molecular complexity index is 4460. The molecule has 0 radical (unpaired) electrons. The van der Waals surface area contributed by atoms with Gasteiger partial charge in [0, 0.05) is 68.3 Å². The number of hydrogen-bond donors (Lipinski definition) is 0. The van der Waals surface area contributed by atoms with E-state index in [0.717, 1.165) is 133 Å². The van der Waals surface area contributed by atoms with Gasteiger partial charge < -0.3 is 0 Å². The molecule has 85 heavy (non-hydrogen) atoms. The summed E-state index contributed by atoms with van der Waals surface area (Å²) in [5.41, 5.74) is 29.2. The van der Waals surface area contributed by atoms with Crippen molar-refractivity contribution in [1.82, 2.24) is 80.3 Å². The summed E-state index contributed by atoms with van der Waals surface area (Å²) in [6.07, 6.45) is 4.64. The lowest BCUT2D eigenvalue weighted by atomic mass is 10.1. The van der Waals surface area contributed by atoms with Crippen molar-refractivity contribution in [2.45, 2.75) is 150 Å². The van der Waals surface area contributed by atoms with Gasteiger partial charge in [-0.2, -0.15) is 0 Å². The molecule has 0 aliphatic rings. The predicted molar refractivity (Wildman–Crippen MR) is 329 cm³/mol. The summed E-state index contributed by atoms with van der Waals surface area (Å²) in [6.45, 7) is 34.9. The van der Waals surface area contributed by atoms with E-state index in [0.29, 0.717) is 16.9 Å². The minimum Gasteiger partial charge on any atom is -0.247 e. The van der Waals surface area contributed by atoms with Crippen molar-refractivity contribution in [2.75, 3.05) is 0 Å². The third-order valence-electron chi connectivity index (χ3n) is 15.9. The molecule has 438 valence electrons. The molecule has 0 saturated carbocycles. The topological polar surface area (TPSA) is 226 Å². The fourth-order valence-electron chi connectivity index (χ4n) is 10.5. The predicted octanol–water partition coefficient (Wildman–Crippen LogP) is 7.46. The Hall–Kier alpha value is -9.01. The first kappa shape index (κ1) is 62.0. The fourth-order valence-corrected chi connectivity index (χ4v) is 10.5. The Morgan fingerprint density at radius 3 is 0.941 bits per heavy atom. The molecular weight excluding hydrogens is 1060 g/mol. The summed E-state index contributed by atoms with van der Waals surface area (Å²) < 4.78 is 9.38. The van der Waals surface area contributed by atoms with Gasteiger partial charge in [0.25, 0.3) is 5.65 Å². The summed E-state index contributed by atoms with van der Waals surface area (Å²) in [7, 11) is 9.73. The smallest absolute Gasteiger partial charge is 0.247 e. The number of fused-ring (bicyclic) bond motifs is 7. The molecule has 10 heterocycles. The summed E-state index contributed by atoms with van der Waals surface area (Å²) in [5.74, 6) is 0.917. The minimum absolute atomic E-state index is 0.609. The lowest BCUT2D eigenvalue weighted by Crippen LogP contribution is -2.39. The van der Waals surface area contributed by atoms with Crippen LogP contribution in [0.4, 0.5) is 0 Å². The van der Waals surface area contributed by atoms with Gasteiger partial charge in [-0.15, -0.1) is 4.68 Å². The number of rotatable bonds is 5. The van der Waals surface area contributed by atoms with E-state index in [9.17, 15) is 0 Å². The van der Waals surface area contributed by atoms with Gasteiger partial charge in [-0.25, -0.2) is 49.8 Å². The molecule has 0 fully saturated rings. The Labute approximate surface area is 497 Å². The van der Waals surface area contributed by atoms with Crippen LogP contribution in [0.1, 0.15) is 131 Å². The Morgan fingerprint density at radius 2 is 0.565 bits per heavy atom. The third kappa shape index (κ3) is 12.9. The molecule has 10 aromatic heterocycles. The SMILES string of the molecule is CCc1c(C)c2nc(C)c(C)nc2n[n+]1C.CCc1c(C)c2nc(C)c(C)nc2n[n+]1C.CCc1c(C)c2nc3cc(C)c(C)cc3nc2n[n+]1C.CCc1c(C)c2nc3ccccc3nc2n[n+]1C.CCc1nc2nc(C)c(C)nc2n[n+]1C. The summed E-state index contributed by atoms with van der Waals surface area (Å²) in [5, 5.41) is 22.3. The second kappa shape index (κ2) is 25.9. The summed E-state index contributed by atoms with van der Waals surface area (Å²) in [6, 6.07) is 12.1. The third-order valence-corrected chi connectivity index (χ3v) is 15.9. The largest absolute Gasteiger partial charge is 0.321 e. The number of benzene rings is 2. The second-order valence-corrected chi connectivity index (χ2v) is 21.6. The molecule has 12 rings (SSSR count). The molecule has 0 saturated heterocycles. The molecule has 0 atom stereocenters. The van der Waals surface area contributed by atoms with Crippen LogP contribution in [0.5, 0.6) is 0 Å². The zero-order valence-corrected chi connectivity index (χ0v) is 53.9. The van der Waals surface area contributed by atoms with Crippen LogP contribution in [0.3, 0.4) is 0 Å². The van der Waals surface area contributed by atoms with E-state index in [4.69, 9.17) is 4.98 Å². The molecule has 0 N–H and O–H groups in total. The van der Waals surface area contributed by atoms with E-state index in [2.05, 4.69) is 157 Å². The van der Waals surface area contributed by atoms with Crippen molar-refractivity contribution in [3.8, 4) is 0 Å².